The van der Waals surface area contributed by atoms with Crippen molar-refractivity contribution in [2.75, 3.05) is 18.9 Å². The quantitative estimate of drug-likeness (QED) is 0.551. The minimum absolute atomic E-state index is 0.103. The average molecular weight is 341 g/mol. The molecule has 0 aliphatic heterocycles. The van der Waals surface area contributed by atoms with Crippen molar-refractivity contribution >= 4 is 23.4 Å². The van der Waals surface area contributed by atoms with E-state index in [1.165, 1.54) is 11.6 Å². The zero-order valence-corrected chi connectivity index (χ0v) is 16.0. The van der Waals surface area contributed by atoms with Crippen LogP contribution in [0.1, 0.15) is 38.8 Å². The standard InChI is InChI=1S/C21H28FN3/c1-7-25(6)14-23-19-13-18(22)20(12-15(19)2)24-17-10-8-16(9-11-17)21(3,4)5/h8-14,24H,7H2,1-6H3. The molecule has 1 N–H and O–H groups in total. The van der Waals surface area contributed by atoms with Gasteiger partial charge in [-0.25, -0.2) is 9.38 Å². The van der Waals surface area contributed by atoms with Crippen molar-refractivity contribution in [2.24, 2.45) is 4.99 Å². The molecule has 0 saturated carbocycles. The summed E-state index contributed by atoms with van der Waals surface area (Å²) in [6.45, 7) is 11.4. The van der Waals surface area contributed by atoms with Crippen molar-refractivity contribution < 1.29 is 4.39 Å². The van der Waals surface area contributed by atoms with E-state index >= 15 is 0 Å². The third-order valence-electron chi connectivity index (χ3n) is 4.21. The van der Waals surface area contributed by atoms with Gasteiger partial charge in [0.25, 0.3) is 0 Å². The van der Waals surface area contributed by atoms with Crippen LogP contribution in [0.4, 0.5) is 21.5 Å². The lowest BCUT2D eigenvalue weighted by Gasteiger charge is -2.19. The van der Waals surface area contributed by atoms with Gasteiger partial charge in [0.15, 0.2) is 0 Å². The fourth-order valence-corrected chi connectivity index (χ4v) is 2.36. The first-order chi connectivity index (χ1) is 11.7. The molecule has 0 bridgehead atoms. The Labute approximate surface area is 150 Å². The van der Waals surface area contributed by atoms with Crippen LogP contribution in [-0.2, 0) is 5.41 Å². The van der Waals surface area contributed by atoms with E-state index in [1.54, 1.807) is 12.4 Å². The monoisotopic (exact) mass is 341 g/mol. The normalized spacial score (nSPS) is 11.8. The van der Waals surface area contributed by atoms with E-state index in [-0.39, 0.29) is 11.2 Å². The van der Waals surface area contributed by atoms with Crippen LogP contribution in [0.25, 0.3) is 0 Å². The topological polar surface area (TPSA) is 27.6 Å². The molecule has 134 valence electrons. The molecule has 3 nitrogen and oxygen atoms in total. The number of nitrogens with one attached hydrogen (secondary N) is 1. The van der Waals surface area contributed by atoms with Gasteiger partial charge in [0.05, 0.1) is 17.7 Å². The van der Waals surface area contributed by atoms with Crippen molar-refractivity contribution in [3.05, 3.63) is 53.3 Å². The second-order valence-electron chi connectivity index (χ2n) is 7.39. The number of nitrogens with zero attached hydrogens (tertiary/aromatic N) is 2. The molecular weight excluding hydrogens is 313 g/mol. The highest BCUT2D eigenvalue weighted by atomic mass is 19.1. The smallest absolute Gasteiger partial charge is 0.148 e. The number of rotatable bonds is 5. The Morgan fingerprint density at radius 1 is 1.16 bits per heavy atom. The van der Waals surface area contributed by atoms with Crippen LogP contribution in [0.5, 0.6) is 0 Å². The van der Waals surface area contributed by atoms with Gasteiger partial charge in [-0.2, -0.15) is 0 Å². The van der Waals surface area contributed by atoms with Gasteiger partial charge in [0.2, 0.25) is 0 Å². The molecule has 0 radical (unpaired) electrons. The summed E-state index contributed by atoms with van der Waals surface area (Å²) in [6, 6.07) is 11.4. The highest BCUT2D eigenvalue weighted by Gasteiger charge is 2.13. The molecule has 0 aromatic heterocycles. The molecule has 0 amide bonds. The average Bonchev–Trinajstić information content (AvgIpc) is 2.56. The maximum absolute atomic E-state index is 14.4. The van der Waals surface area contributed by atoms with Gasteiger partial charge in [-0.1, -0.05) is 32.9 Å². The lowest BCUT2D eigenvalue weighted by atomic mass is 9.87. The number of anilines is 2. The summed E-state index contributed by atoms with van der Waals surface area (Å²) in [5, 5.41) is 3.16. The van der Waals surface area contributed by atoms with E-state index in [1.807, 2.05) is 37.9 Å². The molecule has 0 heterocycles. The van der Waals surface area contributed by atoms with E-state index in [0.29, 0.717) is 11.4 Å². The maximum Gasteiger partial charge on any atom is 0.148 e. The van der Waals surface area contributed by atoms with Crippen LogP contribution in [0.15, 0.2) is 41.4 Å². The van der Waals surface area contributed by atoms with Gasteiger partial charge in [-0.15, -0.1) is 0 Å². The van der Waals surface area contributed by atoms with Crippen LogP contribution < -0.4 is 5.32 Å². The summed E-state index contributed by atoms with van der Waals surface area (Å²) < 4.78 is 14.4. The molecule has 0 atom stereocenters. The molecule has 2 aromatic carbocycles. The Balaban J connectivity index is 2.20. The first-order valence-corrected chi connectivity index (χ1v) is 8.63. The molecule has 0 aliphatic carbocycles. The molecule has 0 fully saturated rings. The van der Waals surface area contributed by atoms with Crippen LogP contribution in [0.2, 0.25) is 0 Å². The molecule has 4 heteroatoms. The Morgan fingerprint density at radius 2 is 1.80 bits per heavy atom. The number of halogens is 1. The number of hydrogen-bond acceptors (Lipinski definition) is 2. The Bertz CT molecular complexity index is 743. The van der Waals surface area contributed by atoms with Crippen molar-refractivity contribution in [3.63, 3.8) is 0 Å². The van der Waals surface area contributed by atoms with Crippen LogP contribution in [0, 0.1) is 12.7 Å². The fraction of sp³-hybridized carbons (Fsp3) is 0.381. The molecule has 25 heavy (non-hydrogen) atoms. The first-order valence-electron chi connectivity index (χ1n) is 8.63. The highest BCUT2D eigenvalue weighted by Crippen LogP contribution is 2.29. The molecule has 0 unspecified atom stereocenters. The molecule has 0 aliphatic rings. The number of benzene rings is 2. The second-order valence-corrected chi connectivity index (χ2v) is 7.39. The third-order valence-corrected chi connectivity index (χ3v) is 4.21. The van der Waals surface area contributed by atoms with Gasteiger partial charge < -0.3 is 10.2 Å². The first kappa shape index (κ1) is 19.0. The summed E-state index contributed by atoms with van der Waals surface area (Å²) >= 11 is 0. The molecular formula is C21H28FN3. The van der Waals surface area contributed by atoms with Gasteiger partial charge in [0, 0.05) is 25.3 Å². The second kappa shape index (κ2) is 7.68. The van der Waals surface area contributed by atoms with Crippen LogP contribution in [0.3, 0.4) is 0 Å². The fourth-order valence-electron chi connectivity index (χ4n) is 2.36. The van der Waals surface area contributed by atoms with Gasteiger partial charge in [-0.05, 0) is 48.6 Å². The Morgan fingerprint density at radius 3 is 2.36 bits per heavy atom. The highest BCUT2D eigenvalue weighted by molar-refractivity contribution is 5.68. The zero-order chi connectivity index (χ0) is 18.6. The number of aliphatic imine (C=N–C) groups is 1. The van der Waals surface area contributed by atoms with E-state index in [2.05, 4.69) is 43.2 Å². The maximum atomic E-state index is 14.4. The van der Waals surface area contributed by atoms with Crippen molar-refractivity contribution in [2.45, 2.75) is 40.0 Å². The van der Waals surface area contributed by atoms with Gasteiger partial charge >= 0.3 is 0 Å². The predicted molar refractivity (Wildman–Crippen MR) is 106 cm³/mol. The number of hydrogen-bond donors (Lipinski definition) is 1. The molecule has 0 saturated heterocycles. The molecule has 2 rings (SSSR count). The van der Waals surface area contributed by atoms with Gasteiger partial charge in [0.1, 0.15) is 5.82 Å². The minimum atomic E-state index is -0.309. The Kier molecular flexibility index (Phi) is 5.83. The lowest BCUT2D eigenvalue weighted by Crippen LogP contribution is -2.14. The summed E-state index contributed by atoms with van der Waals surface area (Å²) in [5.41, 5.74) is 4.25. The van der Waals surface area contributed by atoms with E-state index in [0.717, 1.165) is 17.8 Å². The van der Waals surface area contributed by atoms with Gasteiger partial charge in [-0.3, -0.25) is 0 Å². The zero-order valence-electron chi connectivity index (χ0n) is 16.0. The van der Waals surface area contributed by atoms with Crippen molar-refractivity contribution in [3.8, 4) is 0 Å². The summed E-state index contributed by atoms with van der Waals surface area (Å²) in [6.07, 6.45) is 1.72. The summed E-state index contributed by atoms with van der Waals surface area (Å²) in [4.78, 5) is 6.30. The van der Waals surface area contributed by atoms with Crippen LogP contribution >= 0.6 is 0 Å². The molecule has 0 spiro atoms. The van der Waals surface area contributed by atoms with E-state index in [4.69, 9.17) is 0 Å². The SMILES string of the molecule is CCN(C)C=Nc1cc(F)c(Nc2ccc(C(C)(C)C)cc2)cc1C. The minimum Gasteiger partial charge on any atom is -0.366 e. The predicted octanol–water partition coefficient (Wildman–Crippen LogP) is 5.79. The van der Waals surface area contributed by atoms with Crippen LogP contribution in [-0.4, -0.2) is 24.8 Å². The van der Waals surface area contributed by atoms with Crippen molar-refractivity contribution in [1.82, 2.24) is 4.90 Å². The van der Waals surface area contributed by atoms with E-state index in [9.17, 15) is 4.39 Å². The lowest BCUT2D eigenvalue weighted by molar-refractivity contribution is 0.552. The molecule has 2 aromatic rings. The van der Waals surface area contributed by atoms with Crippen molar-refractivity contribution in [1.29, 1.82) is 0 Å². The summed E-state index contributed by atoms with van der Waals surface area (Å²) in [7, 11) is 1.94. The van der Waals surface area contributed by atoms with E-state index < -0.39 is 0 Å². The third kappa shape index (κ3) is 5.05. The largest absolute Gasteiger partial charge is 0.366 e. The number of aryl methyl sites for hydroxylation is 1. The Hall–Kier alpha value is -2.36. The summed E-state index contributed by atoms with van der Waals surface area (Å²) in [5.74, 6) is -0.309.